The van der Waals surface area contributed by atoms with Crippen LogP contribution in [0.5, 0.6) is 0 Å². The Balaban J connectivity index is 1.35. The molecule has 0 bridgehead atoms. The third kappa shape index (κ3) is 4.09. The molecule has 4 rings (SSSR count). The number of rotatable bonds is 5. The first-order chi connectivity index (χ1) is 13.2. The van der Waals surface area contributed by atoms with Crippen molar-refractivity contribution in [3.8, 4) is 0 Å². The van der Waals surface area contributed by atoms with Gasteiger partial charge in [-0.1, -0.05) is 24.3 Å². The van der Waals surface area contributed by atoms with Crippen LogP contribution in [0.15, 0.2) is 52.5 Å². The Morgan fingerprint density at radius 1 is 1.22 bits per heavy atom. The van der Waals surface area contributed by atoms with E-state index in [1.54, 1.807) is 17.5 Å². The summed E-state index contributed by atoms with van der Waals surface area (Å²) in [6.45, 7) is 0. The maximum atomic E-state index is 12.5. The number of furan rings is 1. The van der Waals surface area contributed by atoms with Crippen molar-refractivity contribution in [1.82, 2.24) is 10.3 Å². The molecule has 0 fully saturated rings. The van der Waals surface area contributed by atoms with Gasteiger partial charge in [-0.05, 0) is 42.5 Å². The number of anilines is 1. The number of hydrogen-bond acceptors (Lipinski definition) is 5. The normalized spacial score (nSPS) is 15.8. The van der Waals surface area contributed by atoms with E-state index in [2.05, 4.69) is 27.8 Å². The molecule has 7 heteroatoms. The number of aromatic nitrogens is 1. The quantitative estimate of drug-likeness (QED) is 0.705. The maximum absolute atomic E-state index is 12.5. The topological polar surface area (TPSA) is 84.2 Å². The molecule has 1 atom stereocenters. The van der Waals surface area contributed by atoms with E-state index in [0.717, 1.165) is 19.3 Å². The lowest BCUT2D eigenvalue weighted by molar-refractivity contribution is -0.121. The van der Waals surface area contributed by atoms with Crippen LogP contribution in [0.4, 0.5) is 5.13 Å². The highest BCUT2D eigenvalue weighted by molar-refractivity contribution is 7.14. The molecule has 0 unspecified atom stereocenters. The monoisotopic (exact) mass is 381 g/mol. The summed E-state index contributed by atoms with van der Waals surface area (Å²) in [5, 5.41) is 8.03. The van der Waals surface area contributed by atoms with Gasteiger partial charge in [0.05, 0.1) is 24.4 Å². The first-order valence-corrected chi connectivity index (χ1v) is 9.73. The zero-order chi connectivity index (χ0) is 18.6. The average Bonchev–Trinajstić information content (AvgIpc) is 3.34. The molecule has 0 aliphatic heterocycles. The van der Waals surface area contributed by atoms with Crippen LogP contribution in [-0.2, 0) is 17.6 Å². The van der Waals surface area contributed by atoms with Crippen molar-refractivity contribution < 1.29 is 14.0 Å². The van der Waals surface area contributed by atoms with Crippen LogP contribution in [0.2, 0.25) is 0 Å². The fourth-order valence-electron chi connectivity index (χ4n) is 3.33. The van der Waals surface area contributed by atoms with Gasteiger partial charge in [0.25, 0.3) is 5.91 Å². The fourth-order valence-corrected chi connectivity index (χ4v) is 4.03. The molecule has 6 nitrogen and oxygen atoms in total. The lowest BCUT2D eigenvalue weighted by atomic mass is 9.87. The number of amides is 2. The summed E-state index contributed by atoms with van der Waals surface area (Å²) < 4.78 is 5.05. The van der Waals surface area contributed by atoms with Gasteiger partial charge >= 0.3 is 0 Å². The second kappa shape index (κ2) is 7.75. The van der Waals surface area contributed by atoms with Gasteiger partial charge in [-0.2, -0.15) is 0 Å². The van der Waals surface area contributed by atoms with Gasteiger partial charge in [0.1, 0.15) is 0 Å². The van der Waals surface area contributed by atoms with E-state index in [4.69, 9.17) is 4.42 Å². The summed E-state index contributed by atoms with van der Waals surface area (Å²) in [5.74, 6) is -0.199. The minimum Gasteiger partial charge on any atom is -0.459 e. The van der Waals surface area contributed by atoms with Crippen molar-refractivity contribution in [2.24, 2.45) is 0 Å². The van der Waals surface area contributed by atoms with Crippen LogP contribution in [-0.4, -0.2) is 16.8 Å². The van der Waals surface area contributed by atoms with E-state index in [1.807, 2.05) is 12.1 Å². The molecule has 0 saturated carbocycles. The molecule has 138 valence electrons. The molecule has 2 aromatic heterocycles. The SMILES string of the molecule is O=C(Cc1csc(NC(=O)c2ccco2)n1)N[C@H]1CCCc2ccccc21. The Bertz CT molecular complexity index is 949. The van der Waals surface area contributed by atoms with Crippen LogP contribution in [0.3, 0.4) is 0 Å². The van der Waals surface area contributed by atoms with Crippen molar-refractivity contribution in [1.29, 1.82) is 0 Å². The minimum absolute atomic E-state index is 0.0548. The molecule has 2 amide bonds. The Morgan fingerprint density at radius 2 is 2.11 bits per heavy atom. The second-order valence-electron chi connectivity index (χ2n) is 6.46. The third-order valence-electron chi connectivity index (χ3n) is 4.56. The molecular weight excluding hydrogens is 362 g/mol. The summed E-state index contributed by atoms with van der Waals surface area (Å²) in [7, 11) is 0. The van der Waals surface area contributed by atoms with Crippen LogP contribution < -0.4 is 10.6 Å². The van der Waals surface area contributed by atoms with Crippen LogP contribution in [0.1, 0.15) is 46.3 Å². The Hall–Kier alpha value is -2.93. The van der Waals surface area contributed by atoms with Crippen LogP contribution >= 0.6 is 11.3 Å². The number of nitrogens with zero attached hydrogens (tertiary/aromatic N) is 1. The predicted molar refractivity (Wildman–Crippen MR) is 103 cm³/mol. The van der Waals surface area contributed by atoms with Crippen molar-refractivity contribution >= 4 is 28.3 Å². The Labute approximate surface area is 160 Å². The molecule has 3 aromatic rings. The van der Waals surface area contributed by atoms with Gasteiger partial charge in [0, 0.05) is 5.38 Å². The predicted octanol–water partition coefficient (Wildman–Crippen LogP) is 3.72. The van der Waals surface area contributed by atoms with Crippen molar-refractivity contribution in [3.05, 3.63) is 70.6 Å². The highest BCUT2D eigenvalue weighted by Crippen LogP contribution is 2.29. The molecule has 0 saturated heterocycles. The summed E-state index contributed by atoms with van der Waals surface area (Å²) >= 11 is 1.29. The number of hydrogen-bond donors (Lipinski definition) is 2. The molecule has 0 spiro atoms. The smallest absolute Gasteiger partial charge is 0.293 e. The Kier molecular flexibility index (Phi) is 5.02. The number of fused-ring (bicyclic) bond motifs is 1. The zero-order valence-electron chi connectivity index (χ0n) is 14.6. The summed E-state index contributed by atoms with van der Waals surface area (Å²) in [6.07, 6.45) is 4.71. The molecule has 1 aliphatic rings. The first kappa shape index (κ1) is 17.5. The highest BCUT2D eigenvalue weighted by Gasteiger charge is 2.22. The summed E-state index contributed by atoms with van der Waals surface area (Å²) in [4.78, 5) is 28.8. The van der Waals surface area contributed by atoms with Crippen LogP contribution in [0.25, 0.3) is 0 Å². The van der Waals surface area contributed by atoms with Gasteiger partial charge in [-0.15, -0.1) is 11.3 Å². The van der Waals surface area contributed by atoms with E-state index in [9.17, 15) is 9.59 Å². The number of benzene rings is 1. The number of carbonyl (C=O) groups is 2. The van der Waals surface area contributed by atoms with Gasteiger partial charge in [-0.25, -0.2) is 4.98 Å². The van der Waals surface area contributed by atoms with Gasteiger partial charge in [0.2, 0.25) is 5.91 Å². The lowest BCUT2D eigenvalue weighted by Gasteiger charge is -2.26. The van der Waals surface area contributed by atoms with E-state index >= 15 is 0 Å². The second-order valence-corrected chi connectivity index (χ2v) is 7.32. The van der Waals surface area contributed by atoms with Crippen molar-refractivity contribution in [2.75, 3.05) is 5.32 Å². The molecular formula is C20H19N3O3S. The molecule has 0 radical (unpaired) electrons. The zero-order valence-corrected chi connectivity index (χ0v) is 15.4. The highest BCUT2D eigenvalue weighted by atomic mass is 32.1. The van der Waals surface area contributed by atoms with E-state index in [0.29, 0.717) is 10.8 Å². The standard InChI is InChI=1S/C20H19N3O3S/c24-18(22-16-8-3-6-13-5-1-2-7-15(13)16)11-14-12-27-20(21-14)23-19(25)17-9-4-10-26-17/h1-2,4-5,7,9-10,12,16H,3,6,8,11H2,(H,22,24)(H,21,23,25)/t16-/m0/s1. The summed E-state index contributed by atoms with van der Waals surface area (Å²) in [5.41, 5.74) is 3.16. The third-order valence-corrected chi connectivity index (χ3v) is 5.37. The average molecular weight is 381 g/mol. The minimum atomic E-state index is -0.357. The van der Waals surface area contributed by atoms with E-state index in [-0.39, 0.29) is 30.0 Å². The largest absolute Gasteiger partial charge is 0.459 e. The molecule has 2 N–H and O–H groups in total. The van der Waals surface area contributed by atoms with Crippen LogP contribution in [0, 0.1) is 0 Å². The molecule has 27 heavy (non-hydrogen) atoms. The summed E-state index contributed by atoms with van der Waals surface area (Å²) in [6, 6.07) is 11.6. The van der Waals surface area contributed by atoms with Gasteiger partial charge < -0.3 is 9.73 Å². The molecule has 2 heterocycles. The number of aryl methyl sites for hydroxylation is 1. The lowest BCUT2D eigenvalue weighted by Crippen LogP contribution is -2.32. The van der Waals surface area contributed by atoms with E-state index in [1.165, 1.54) is 28.7 Å². The number of carbonyl (C=O) groups excluding carboxylic acids is 2. The number of nitrogens with one attached hydrogen (secondary N) is 2. The van der Waals surface area contributed by atoms with Gasteiger partial charge in [0.15, 0.2) is 10.9 Å². The van der Waals surface area contributed by atoms with E-state index < -0.39 is 0 Å². The molecule has 1 aliphatic carbocycles. The Morgan fingerprint density at radius 3 is 2.96 bits per heavy atom. The van der Waals surface area contributed by atoms with Crippen molar-refractivity contribution in [3.63, 3.8) is 0 Å². The fraction of sp³-hybridized carbons (Fsp3) is 0.250. The maximum Gasteiger partial charge on any atom is 0.293 e. The molecule has 1 aromatic carbocycles. The first-order valence-electron chi connectivity index (χ1n) is 8.85. The number of thiazole rings is 1. The van der Waals surface area contributed by atoms with Crippen molar-refractivity contribution in [2.45, 2.75) is 31.7 Å². The van der Waals surface area contributed by atoms with Gasteiger partial charge in [-0.3, -0.25) is 14.9 Å².